The van der Waals surface area contributed by atoms with Gasteiger partial charge in [0.2, 0.25) is 0 Å². The average molecular weight is 390 g/mol. The van der Waals surface area contributed by atoms with E-state index in [0.717, 1.165) is 25.2 Å². The predicted molar refractivity (Wildman–Crippen MR) is 111 cm³/mol. The normalized spacial score (nSPS) is 16.4. The van der Waals surface area contributed by atoms with Gasteiger partial charge in [-0.15, -0.1) is 0 Å². The van der Waals surface area contributed by atoms with Gasteiger partial charge in [0, 0.05) is 38.4 Å². The van der Waals surface area contributed by atoms with Gasteiger partial charge in [-0.3, -0.25) is 4.79 Å². The first-order valence-corrected chi connectivity index (χ1v) is 9.71. The summed E-state index contributed by atoms with van der Waals surface area (Å²) in [6, 6.07) is 20.2. The molecule has 2 heterocycles. The monoisotopic (exact) mass is 390 g/mol. The number of nitrogens with zero attached hydrogens (tertiary/aromatic N) is 2. The third-order valence-corrected chi connectivity index (χ3v) is 5.05. The molecule has 4 rings (SSSR count). The number of aromatic nitrogens is 1. The number of anilines is 1. The summed E-state index contributed by atoms with van der Waals surface area (Å²) >= 11 is 0. The van der Waals surface area contributed by atoms with Crippen molar-refractivity contribution in [2.45, 2.75) is 12.6 Å². The molecule has 2 aromatic carbocycles. The molecule has 0 bridgehead atoms. The van der Waals surface area contributed by atoms with Crippen LogP contribution in [0.5, 0.6) is 0 Å². The molecule has 3 aromatic rings. The highest BCUT2D eigenvalue weighted by molar-refractivity contribution is 5.98. The van der Waals surface area contributed by atoms with Crippen LogP contribution in [0, 0.1) is 5.82 Å². The Balaban J connectivity index is 1.49. The minimum absolute atomic E-state index is 0.176. The highest BCUT2D eigenvalue weighted by atomic mass is 19.1. The van der Waals surface area contributed by atoms with Crippen LogP contribution in [0.15, 0.2) is 72.9 Å². The number of pyridine rings is 1. The lowest BCUT2D eigenvalue weighted by molar-refractivity contribution is 0.0951. The standard InChI is InChI=1S/C23H23FN4O/c24-19-9-4-6-17(14-19)15-27-23(29)20-10-5-11-26-22(20)28-13-12-25-21(16-28)18-7-2-1-3-8-18/h1-11,14,21,25H,12-13,15-16H2,(H,27,29). The summed E-state index contributed by atoms with van der Waals surface area (Å²) in [5, 5.41) is 6.41. The number of amides is 1. The van der Waals surface area contributed by atoms with Crippen molar-refractivity contribution in [1.29, 1.82) is 0 Å². The first-order chi connectivity index (χ1) is 14.2. The van der Waals surface area contributed by atoms with Crippen LogP contribution in [0.4, 0.5) is 10.2 Å². The van der Waals surface area contributed by atoms with E-state index in [2.05, 4.69) is 32.7 Å². The molecular weight excluding hydrogens is 367 g/mol. The molecule has 6 heteroatoms. The fourth-order valence-corrected chi connectivity index (χ4v) is 3.60. The summed E-state index contributed by atoms with van der Waals surface area (Å²) in [5.74, 6) is 0.144. The molecule has 2 N–H and O–H groups in total. The first-order valence-electron chi connectivity index (χ1n) is 9.71. The van der Waals surface area contributed by atoms with E-state index in [1.165, 1.54) is 17.7 Å². The summed E-state index contributed by atoms with van der Waals surface area (Å²) < 4.78 is 13.4. The fourth-order valence-electron chi connectivity index (χ4n) is 3.60. The van der Waals surface area contributed by atoms with Gasteiger partial charge in [-0.2, -0.15) is 0 Å². The number of benzene rings is 2. The Bertz CT molecular complexity index is 979. The van der Waals surface area contributed by atoms with E-state index in [0.29, 0.717) is 11.4 Å². The van der Waals surface area contributed by atoms with Gasteiger partial charge in [0.05, 0.1) is 5.56 Å². The van der Waals surface area contributed by atoms with Crippen LogP contribution in [-0.2, 0) is 6.54 Å². The molecule has 1 aromatic heterocycles. The fraction of sp³-hybridized carbons (Fsp3) is 0.217. The largest absolute Gasteiger partial charge is 0.353 e. The van der Waals surface area contributed by atoms with Crippen LogP contribution in [0.2, 0.25) is 0 Å². The molecule has 1 atom stereocenters. The molecule has 0 saturated carbocycles. The second kappa shape index (κ2) is 8.84. The van der Waals surface area contributed by atoms with Crippen molar-refractivity contribution in [1.82, 2.24) is 15.6 Å². The van der Waals surface area contributed by atoms with Crippen LogP contribution in [0.25, 0.3) is 0 Å². The third-order valence-electron chi connectivity index (χ3n) is 5.05. The maximum absolute atomic E-state index is 13.4. The molecule has 0 radical (unpaired) electrons. The van der Waals surface area contributed by atoms with Crippen molar-refractivity contribution in [2.75, 3.05) is 24.5 Å². The Kier molecular flexibility index (Phi) is 5.81. The molecule has 1 saturated heterocycles. The minimum Gasteiger partial charge on any atom is -0.353 e. The second-order valence-electron chi connectivity index (χ2n) is 7.05. The zero-order valence-corrected chi connectivity index (χ0v) is 16.0. The number of nitrogens with one attached hydrogen (secondary N) is 2. The topological polar surface area (TPSA) is 57.3 Å². The molecular formula is C23H23FN4O. The average Bonchev–Trinajstić information content (AvgIpc) is 2.78. The van der Waals surface area contributed by atoms with E-state index < -0.39 is 0 Å². The van der Waals surface area contributed by atoms with Gasteiger partial charge in [-0.05, 0) is 35.4 Å². The molecule has 29 heavy (non-hydrogen) atoms. The molecule has 0 spiro atoms. The van der Waals surface area contributed by atoms with E-state index in [9.17, 15) is 9.18 Å². The summed E-state index contributed by atoms with van der Waals surface area (Å²) in [6.07, 6.45) is 1.71. The van der Waals surface area contributed by atoms with Crippen LogP contribution < -0.4 is 15.5 Å². The SMILES string of the molecule is O=C(NCc1cccc(F)c1)c1cccnc1N1CCNC(c2ccccc2)C1. The molecule has 1 amide bonds. The number of rotatable bonds is 5. The summed E-state index contributed by atoms with van der Waals surface area (Å²) in [5.41, 5.74) is 2.46. The van der Waals surface area contributed by atoms with E-state index in [-0.39, 0.29) is 24.3 Å². The maximum atomic E-state index is 13.4. The maximum Gasteiger partial charge on any atom is 0.255 e. The first kappa shape index (κ1) is 19.1. The molecule has 1 unspecified atom stereocenters. The Morgan fingerprint density at radius 2 is 2.00 bits per heavy atom. The van der Waals surface area contributed by atoms with Crippen molar-refractivity contribution in [3.05, 3.63) is 95.4 Å². The lowest BCUT2D eigenvalue weighted by Crippen LogP contribution is -2.46. The number of hydrogen-bond acceptors (Lipinski definition) is 4. The van der Waals surface area contributed by atoms with Crippen molar-refractivity contribution in [3.63, 3.8) is 0 Å². The van der Waals surface area contributed by atoms with Crippen molar-refractivity contribution >= 4 is 11.7 Å². The van der Waals surface area contributed by atoms with E-state index in [1.54, 1.807) is 30.5 Å². The lowest BCUT2D eigenvalue weighted by atomic mass is 10.0. The lowest BCUT2D eigenvalue weighted by Gasteiger charge is -2.35. The van der Waals surface area contributed by atoms with Gasteiger partial charge in [0.15, 0.2) is 0 Å². The van der Waals surface area contributed by atoms with Gasteiger partial charge in [-0.25, -0.2) is 9.37 Å². The number of hydrogen-bond donors (Lipinski definition) is 2. The van der Waals surface area contributed by atoms with Crippen molar-refractivity contribution in [2.24, 2.45) is 0 Å². The third kappa shape index (κ3) is 4.60. The molecule has 5 nitrogen and oxygen atoms in total. The Morgan fingerprint density at radius 3 is 2.83 bits per heavy atom. The molecule has 1 aliphatic rings. The Labute approximate surface area is 169 Å². The molecule has 1 aliphatic heterocycles. The van der Waals surface area contributed by atoms with E-state index in [1.807, 2.05) is 18.2 Å². The van der Waals surface area contributed by atoms with Crippen LogP contribution in [0.3, 0.4) is 0 Å². The number of carbonyl (C=O) groups excluding carboxylic acids is 1. The van der Waals surface area contributed by atoms with Crippen molar-refractivity contribution in [3.8, 4) is 0 Å². The minimum atomic E-state index is -0.313. The number of piperazine rings is 1. The van der Waals surface area contributed by atoms with E-state index in [4.69, 9.17) is 0 Å². The molecule has 1 fully saturated rings. The van der Waals surface area contributed by atoms with E-state index >= 15 is 0 Å². The zero-order valence-electron chi connectivity index (χ0n) is 16.0. The highest BCUT2D eigenvalue weighted by Crippen LogP contribution is 2.24. The number of carbonyl (C=O) groups is 1. The Morgan fingerprint density at radius 1 is 1.14 bits per heavy atom. The summed E-state index contributed by atoms with van der Waals surface area (Å²) in [6.45, 7) is 2.56. The predicted octanol–water partition coefficient (Wildman–Crippen LogP) is 3.30. The second-order valence-corrected chi connectivity index (χ2v) is 7.05. The van der Waals surface area contributed by atoms with Crippen LogP contribution in [-0.4, -0.2) is 30.5 Å². The van der Waals surface area contributed by atoms with Crippen molar-refractivity contribution < 1.29 is 9.18 Å². The smallest absolute Gasteiger partial charge is 0.255 e. The zero-order chi connectivity index (χ0) is 20.1. The molecule has 0 aliphatic carbocycles. The molecule has 148 valence electrons. The van der Waals surface area contributed by atoms with Gasteiger partial charge in [0.1, 0.15) is 11.6 Å². The van der Waals surface area contributed by atoms with Crippen LogP contribution in [0.1, 0.15) is 27.5 Å². The van der Waals surface area contributed by atoms with Crippen LogP contribution >= 0.6 is 0 Å². The van der Waals surface area contributed by atoms with Gasteiger partial charge < -0.3 is 15.5 Å². The Hall–Kier alpha value is -3.25. The quantitative estimate of drug-likeness (QED) is 0.702. The summed E-state index contributed by atoms with van der Waals surface area (Å²) in [4.78, 5) is 19.5. The summed E-state index contributed by atoms with van der Waals surface area (Å²) in [7, 11) is 0. The van der Waals surface area contributed by atoms with Gasteiger partial charge in [-0.1, -0.05) is 42.5 Å². The van der Waals surface area contributed by atoms with Gasteiger partial charge >= 0.3 is 0 Å². The number of halogens is 1. The highest BCUT2D eigenvalue weighted by Gasteiger charge is 2.25. The van der Waals surface area contributed by atoms with Gasteiger partial charge in [0.25, 0.3) is 5.91 Å².